The zero-order valence-electron chi connectivity index (χ0n) is 16.2. The van der Waals surface area contributed by atoms with E-state index in [0.29, 0.717) is 5.70 Å². The summed E-state index contributed by atoms with van der Waals surface area (Å²) in [5.41, 5.74) is 1.21. The zero-order valence-corrected chi connectivity index (χ0v) is 16.2. The van der Waals surface area contributed by atoms with Crippen molar-refractivity contribution in [2.45, 2.75) is 26.8 Å². The molecule has 7 heteroatoms. The van der Waals surface area contributed by atoms with E-state index in [-0.39, 0.29) is 37.5 Å². The van der Waals surface area contributed by atoms with Crippen molar-refractivity contribution in [3.05, 3.63) is 42.1 Å². The van der Waals surface area contributed by atoms with E-state index in [1.54, 1.807) is 13.1 Å². The molecule has 0 aliphatic carbocycles. The van der Waals surface area contributed by atoms with Gasteiger partial charge in [0.1, 0.15) is 19.2 Å². The van der Waals surface area contributed by atoms with Gasteiger partial charge in [-0.25, -0.2) is 0 Å². The van der Waals surface area contributed by atoms with E-state index in [0.717, 1.165) is 5.56 Å². The van der Waals surface area contributed by atoms with E-state index >= 15 is 0 Å². The Morgan fingerprint density at radius 2 is 1.85 bits per heavy atom. The Kier molecular flexibility index (Phi) is 7.12. The van der Waals surface area contributed by atoms with E-state index in [2.05, 4.69) is 0 Å². The molecular formula is C20H26N2O5. The van der Waals surface area contributed by atoms with Gasteiger partial charge in [-0.2, -0.15) is 0 Å². The molecule has 0 spiro atoms. The highest BCUT2D eigenvalue weighted by Crippen LogP contribution is 2.30. The number of ether oxygens (including phenoxy) is 2. The Morgan fingerprint density at radius 3 is 2.41 bits per heavy atom. The first-order chi connectivity index (χ1) is 12.9. The fourth-order valence-electron chi connectivity index (χ4n) is 3.05. The molecule has 0 aromatic heterocycles. The number of esters is 1. The number of hydrogen-bond acceptors (Lipinski definition) is 5. The lowest BCUT2D eigenvalue weighted by atomic mass is 9.97. The standard InChI is InChI=1S/C20H26N2O5/c1-5-27-18(24)12-21-16(15-9-7-6-8-10-15)11-22(17(23)13-26-4)19(14(2)3)20(21)25/h6-11,14,19H,5,12-13H2,1-4H3/t19-/m1/s1. The molecule has 0 bridgehead atoms. The normalized spacial score (nSPS) is 17.1. The SMILES string of the molecule is CCOC(=O)CN1C(=O)[C@@H](C(C)C)N(C(=O)COC)C=C1c1ccccc1. The largest absolute Gasteiger partial charge is 0.465 e. The second-order valence-corrected chi connectivity index (χ2v) is 6.53. The van der Waals surface area contributed by atoms with E-state index in [1.807, 2.05) is 44.2 Å². The Labute approximate surface area is 159 Å². The van der Waals surface area contributed by atoms with Crippen molar-refractivity contribution in [2.75, 3.05) is 26.9 Å². The number of hydrogen-bond donors (Lipinski definition) is 0. The van der Waals surface area contributed by atoms with Gasteiger partial charge in [-0.3, -0.25) is 19.3 Å². The number of rotatable bonds is 7. The van der Waals surface area contributed by atoms with Gasteiger partial charge in [0.2, 0.25) is 0 Å². The number of methoxy groups -OCH3 is 1. The monoisotopic (exact) mass is 374 g/mol. The first kappa shape index (κ1) is 20.6. The summed E-state index contributed by atoms with van der Waals surface area (Å²) in [7, 11) is 1.43. The summed E-state index contributed by atoms with van der Waals surface area (Å²) in [4.78, 5) is 40.7. The maximum atomic E-state index is 13.3. The molecule has 0 radical (unpaired) electrons. The lowest BCUT2D eigenvalue weighted by Crippen LogP contribution is -2.56. The molecular weight excluding hydrogens is 348 g/mol. The number of carbonyl (C=O) groups excluding carboxylic acids is 3. The van der Waals surface area contributed by atoms with Crippen LogP contribution in [0.2, 0.25) is 0 Å². The van der Waals surface area contributed by atoms with Crippen LogP contribution in [0.1, 0.15) is 26.3 Å². The van der Waals surface area contributed by atoms with E-state index in [4.69, 9.17) is 9.47 Å². The average molecular weight is 374 g/mol. The van der Waals surface area contributed by atoms with Gasteiger partial charge in [-0.05, 0) is 18.4 Å². The van der Waals surface area contributed by atoms with Crippen LogP contribution in [0.3, 0.4) is 0 Å². The molecule has 1 atom stereocenters. The van der Waals surface area contributed by atoms with Gasteiger partial charge in [0.05, 0.1) is 12.3 Å². The van der Waals surface area contributed by atoms with Crippen LogP contribution in [0, 0.1) is 5.92 Å². The van der Waals surface area contributed by atoms with E-state index in [9.17, 15) is 14.4 Å². The molecule has 0 unspecified atom stereocenters. The van der Waals surface area contributed by atoms with Crippen molar-refractivity contribution >= 4 is 23.5 Å². The Hall–Kier alpha value is -2.67. The molecule has 7 nitrogen and oxygen atoms in total. The van der Waals surface area contributed by atoms with Crippen LogP contribution in [-0.2, 0) is 23.9 Å². The molecule has 1 aliphatic heterocycles. The Balaban J connectivity index is 2.52. The summed E-state index contributed by atoms with van der Waals surface area (Å²) in [5, 5.41) is 0. The third-order valence-corrected chi connectivity index (χ3v) is 4.22. The predicted octanol–water partition coefficient (Wildman–Crippen LogP) is 1.89. The van der Waals surface area contributed by atoms with Crippen LogP contribution in [0.4, 0.5) is 0 Å². The lowest BCUT2D eigenvalue weighted by molar-refractivity contribution is -0.151. The first-order valence-corrected chi connectivity index (χ1v) is 8.95. The Bertz CT molecular complexity index is 714. The smallest absolute Gasteiger partial charge is 0.326 e. The van der Waals surface area contributed by atoms with Crippen LogP contribution in [0.5, 0.6) is 0 Å². The molecule has 0 saturated carbocycles. The molecule has 146 valence electrons. The number of amides is 2. The second kappa shape index (κ2) is 9.32. The van der Waals surface area contributed by atoms with Gasteiger partial charge in [0, 0.05) is 13.3 Å². The third-order valence-electron chi connectivity index (χ3n) is 4.22. The van der Waals surface area contributed by atoms with Crippen molar-refractivity contribution in [3.8, 4) is 0 Å². The van der Waals surface area contributed by atoms with Gasteiger partial charge in [0.25, 0.3) is 11.8 Å². The predicted molar refractivity (Wildman–Crippen MR) is 100 cm³/mol. The van der Waals surface area contributed by atoms with Gasteiger partial charge >= 0.3 is 5.97 Å². The molecule has 0 N–H and O–H groups in total. The van der Waals surface area contributed by atoms with Crippen LogP contribution in [0.25, 0.3) is 5.70 Å². The lowest BCUT2D eigenvalue weighted by Gasteiger charge is -2.40. The fourth-order valence-corrected chi connectivity index (χ4v) is 3.05. The highest BCUT2D eigenvalue weighted by Gasteiger charge is 2.41. The molecule has 1 heterocycles. The van der Waals surface area contributed by atoms with Crippen molar-refractivity contribution in [3.63, 3.8) is 0 Å². The van der Waals surface area contributed by atoms with Crippen molar-refractivity contribution in [2.24, 2.45) is 5.92 Å². The Morgan fingerprint density at radius 1 is 1.19 bits per heavy atom. The van der Waals surface area contributed by atoms with Crippen LogP contribution in [-0.4, -0.2) is 60.5 Å². The second-order valence-electron chi connectivity index (χ2n) is 6.53. The summed E-state index contributed by atoms with van der Waals surface area (Å²) in [6.45, 7) is 5.33. The van der Waals surface area contributed by atoms with Crippen LogP contribution in [0.15, 0.2) is 36.5 Å². The number of benzene rings is 1. The van der Waals surface area contributed by atoms with Crippen molar-refractivity contribution in [1.29, 1.82) is 0 Å². The van der Waals surface area contributed by atoms with Gasteiger partial charge in [0.15, 0.2) is 0 Å². The van der Waals surface area contributed by atoms with Gasteiger partial charge in [-0.1, -0.05) is 44.2 Å². The third kappa shape index (κ3) is 4.74. The maximum Gasteiger partial charge on any atom is 0.326 e. The van der Waals surface area contributed by atoms with Gasteiger partial charge in [-0.15, -0.1) is 0 Å². The number of carbonyl (C=O) groups is 3. The topological polar surface area (TPSA) is 76.2 Å². The molecule has 1 aromatic carbocycles. The summed E-state index contributed by atoms with van der Waals surface area (Å²) in [6.07, 6.45) is 1.63. The van der Waals surface area contributed by atoms with E-state index in [1.165, 1.54) is 16.9 Å². The van der Waals surface area contributed by atoms with E-state index < -0.39 is 12.0 Å². The molecule has 1 aliphatic rings. The highest BCUT2D eigenvalue weighted by atomic mass is 16.5. The highest BCUT2D eigenvalue weighted by molar-refractivity contribution is 5.99. The fraction of sp³-hybridized carbons (Fsp3) is 0.450. The minimum Gasteiger partial charge on any atom is -0.465 e. The van der Waals surface area contributed by atoms with Crippen molar-refractivity contribution < 1.29 is 23.9 Å². The summed E-state index contributed by atoms with van der Waals surface area (Å²) in [5.74, 6) is -1.26. The zero-order chi connectivity index (χ0) is 20.0. The molecule has 1 aromatic rings. The summed E-state index contributed by atoms with van der Waals surface area (Å²) in [6, 6.07) is 8.46. The van der Waals surface area contributed by atoms with Crippen LogP contribution < -0.4 is 0 Å². The first-order valence-electron chi connectivity index (χ1n) is 8.95. The summed E-state index contributed by atoms with van der Waals surface area (Å²) >= 11 is 0. The molecule has 27 heavy (non-hydrogen) atoms. The maximum absolute atomic E-state index is 13.3. The minimum atomic E-state index is -0.713. The number of nitrogens with zero attached hydrogens (tertiary/aromatic N) is 2. The van der Waals surface area contributed by atoms with Gasteiger partial charge < -0.3 is 14.4 Å². The molecule has 0 saturated heterocycles. The summed E-state index contributed by atoms with van der Waals surface area (Å²) < 4.78 is 9.99. The quantitative estimate of drug-likeness (QED) is 0.681. The molecule has 2 rings (SSSR count). The average Bonchev–Trinajstić information content (AvgIpc) is 2.63. The molecule has 0 fully saturated rings. The minimum absolute atomic E-state index is 0.132. The van der Waals surface area contributed by atoms with Crippen molar-refractivity contribution in [1.82, 2.24) is 9.80 Å². The molecule has 2 amide bonds. The van der Waals surface area contributed by atoms with Crippen LogP contribution >= 0.6 is 0 Å².